The maximum absolute atomic E-state index is 13.2. The van der Waals surface area contributed by atoms with Gasteiger partial charge < -0.3 is 9.47 Å². The van der Waals surface area contributed by atoms with Crippen LogP contribution in [0, 0.1) is 17.0 Å². The molecule has 148 valence electrons. The number of benzene rings is 1. The number of ketones is 1. The van der Waals surface area contributed by atoms with Gasteiger partial charge in [-0.25, -0.2) is 14.6 Å². The number of nitro groups is 1. The van der Waals surface area contributed by atoms with E-state index in [0.717, 1.165) is 14.2 Å². The van der Waals surface area contributed by atoms with Gasteiger partial charge in [-0.05, 0) is 25.1 Å². The SMILES string of the molecule is COC(=O)c1c(C(=O)OC)c2cc(C)ncn2c1C(=O)c1ccc([N+](=O)[O-])cc1. The molecule has 10 nitrogen and oxygen atoms in total. The van der Waals surface area contributed by atoms with Gasteiger partial charge in [-0.15, -0.1) is 0 Å². The molecule has 0 atom stereocenters. The Morgan fingerprint density at radius 3 is 2.17 bits per heavy atom. The lowest BCUT2D eigenvalue weighted by Crippen LogP contribution is -2.15. The van der Waals surface area contributed by atoms with Gasteiger partial charge in [0.05, 0.1) is 31.0 Å². The Bertz CT molecular complexity index is 1160. The molecule has 0 N–H and O–H groups in total. The number of carbonyl (C=O) groups is 3. The molecule has 10 heteroatoms. The predicted octanol–water partition coefficient (Wildman–Crippen LogP) is 2.36. The molecule has 0 unspecified atom stereocenters. The van der Waals surface area contributed by atoms with Crippen LogP contribution >= 0.6 is 0 Å². The lowest BCUT2D eigenvalue weighted by Gasteiger charge is -2.06. The Balaban J connectivity index is 2.33. The van der Waals surface area contributed by atoms with Gasteiger partial charge in [0.1, 0.15) is 16.8 Å². The van der Waals surface area contributed by atoms with Crippen molar-refractivity contribution < 1.29 is 28.8 Å². The lowest BCUT2D eigenvalue weighted by molar-refractivity contribution is -0.384. The van der Waals surface area contributed by atoms with Crippen molar-refractivity contribution in [3.05, 3.63) is 74.9 Å². The molecule has 0 radical (unpaired) electrons. The smallest absolute Gasteiger partial charge is 0.341 e. The average Bonchev–Trinajstić information content (AvgIpc) is 3.06. The minimum absolute atomic E-state index is 0.0807. The summed E-state index contributed by atoms with van der Waals surface area (Å²) in [5.74, 6) is -2.37. The number of aromatic nitrogens is 2. The van der Waals surface area contributed by atoms with Crippen molar-refractivity contribution in [2.75, 3.05) is 14.2 Å². The number of ether oxygens (including phenoxy) is 2. The molecular weight excluding hydrogens is 382 g/mol. The van der Waals surface area contributed by atoms with E-state index < -0.39 is 22.6 Å². The summed E-state index contributed by atoms with van der Waals surface area (Å²) in [4.78, 5) is 52.5. The number of carbonyl (C=O) groups excluding carboxylic acids is 3. The molecule has 2 aromatic heterocycles. The van der Waals surface area contributed by atoms with Crippen LogP contribution in [-0.4, -0.2) is 46.2 Å². The van der Waals surface area contributed by atoms with Crippen LogP contribution in [0.25, 0.3) is 5.52 Å². The van der Waals surface area contributed by atoms with Crippen molar-refractivity contribution in [3.8, 4) is 0 Å². The molecule has 0 spiro atoms. The second-order valence-electron chi connectivity index (χ2n) is 6.00. The molecule has 0 saturated carbocycles. The average molecular weight is 397 g/mol. The van der Waals surface area contributed by atoms with Crippen LogP contribution in [0.3, 0.4) is 0 Å². The Morgan fingerprint density at radius 1 is 1.03 bits per heavy atom. The number of nitrogens with zero attached hydrogens (tertiary/aromatic N) is 3. The van der Waals surface area contributed by atoms with Crippen LogP contribution < -0.4 is 0 Å². The highest BCUT2D eigenvalue weighted by Crippen LogP contribution is 2.28. The topological polar surface area (TPSA) is 130 Å². The van der Waals surface area contributed by atoms with Gasteiger partial charge in [0, 0.05) is 23.4 Å². The van der Waals surface area contributed by atoms with Gasteiger partial charge in [-0.2, -0.15) is 0 Å². The molecule has 1 aromatic carbocycles. The van der Waals surface area contributed by atoms with E-state index in [1.54, 1.807) is 6.92 Å². The van der Waals surface area contributed by atoms with Gasteiger partial charge in [0.15, 0.2) is 0 Å². The molecule has 2 heterocycles. The number of non-ortho nitro benzene ring substituents is 1. The molecule has 0 saturated heterocycles. The first kappa shape index (κ1) is 19.7. The highest BCUT2D eigenvalue weighted by Gasteiger charge is 2.33. The van der Waals surface area contributed by atoms with Crippen LogP contribution in [0.1, 0.15) is 42.5 Å². The van der Waals surface area contributed by atoms with E-state index in [-0.39, 0.29) is 33.6 Å². The Morgan fingerprint density at radius 2 is 1.62 bits per heavy atom. The third-order valence-corrected chi connectivity index (χ3v) is 4.30. The predicted molar refractivity (Wildman–Crippen MR) is 99.1 cm³/mol. The van der Waals surface area contributed by atoms with E-state index in [2.05, 4.69) is 4.98 Å². The summed E-state index contributed by atoms with van der Waals surface area (Å²) < 4.78 is 10.9. The monoisotopic (exact) mass is 397 g/mol. The van der Waals surface area contributed by atoms with Gasteiger partial charge in [0.25, 0.3) is 5.69 Å². The molecule has 0 bridgehead atoms. The molecule has 29 heavy (non-hydrogen) atoms. The lowest BCUT2D eigenvalue weighted by atomic mass is 10.0. The van der Waals surface area contributed by atoms with E-state index in [9.17, 15) is 24.5 Å². The highest BCUT2D eigenvalue weighted by molar-refractivity contribution is 6.19. The van der Waals surface area contributed by atoms with Crippen molar-refractivity contribution >= 4 is 28.9 Å². The summed E-state index contributed by atoms with van der Waals surface area (Å²) in [7, 11) is 2.27. The summed E-state index contributed by atoms with van der Waals surface area (Å²) in [5, 5.41) is 10.8. The zero-order chi connectivity index (χ0) is 21.3. The third kappa shape index (κ3) is 3.31. The Hall–Kier alpha value is -4.08. The minimum Gasteiger partial charge on any atom is -0.465 e. The first-order valence-corrected chi connectivity index (χ1v) is 8.26. The number of hydrogen-bond acceptors (Lipinski definition) is 8. The standard InChI is InChI=1S/C19H15N3O7/c1-10-8-13-14(18(24)28-2)15(19(25)29-3)16(21(13)9-20-10)17(23)11-4-6-12(7-5-11)22(26)27/h4-9H,1-3H3. The van der Waals surface area contributed by atoms with Crippen molar-refractivity contribution in [2.24, 2.45) is 0 Å². The van der Waals surface area contributed by atoms with Gasteiger partial charge in [-0.1, -0.05) is 0 Å². The summed E-state index contributed by atoms with van der Waals surface area (Å²) in [6.07, 6.45) is 1.31. The fourth-order valence-corrected chi connectivity index (χ4v) is 2.96. The fourth-order valence-electron chi connectivity index (χ4n) is 2.96. The summed E-state index contributed by atoms with van der Waals surface area (Å²) in [5.41, 5.74) is 0.124. The van der Waals surface area contributed by atoms with E-state index in [1.807, 2.05) is 0 Å². The number of fused-ring (bicyclic) bond motifs is 1. The zero-order valence-corrected chi connectivity index (χ0v) is 15.7. The van der Waals surface area contributed by atoms with Crippen molar-refractivity contribution in [2.45, 2.75) is 6.92 Å². The molecule has 0 aliphatic rings. The van der Waals surface area contributed by atoms with Crippen LogP contribution in [0.15, 0.2) is 36.7 Å². The summed E-state index contributed by atoms with van der Waals surface area (Å²) in [6, 6.07) is 6.40. The van der Waals surface area contributed by atoms with Gasteiger partial charge in [-0.3, -0.25) is 19.3 Å². The molecule has 3 aromatic rings. The van der Waals surface area contributed by atoms with Gasteiger partial charge >= 0.3 is 11.9 Å². The van der Waals surface area contributed by atoms with Crippen LogP contribution in [0.5, 0.6) is 0 Å². The molecular formula is C19H15N3O7. The normalized spacial score (nSPS) is 10.6. The third-order valence-electron chi connectivity index (χ3n) is 4.30. The second kappa shape index (κ2) is 7.50. The van der Waals surface area contributed by atoms with Crippen molar-refractivity contribution in [1.29, 1.82) is 0 Å². The molecule has 0 aliphatic heterocycles. The molecule has 3 rings (SSSR count). The highest BCUT2D eigenvalue weighted by atomic mass is 16.6. The Labute approximate surface area is 163 Å². The van der Waals surface area contributed by atoms with E-state index in [0.29, 0.717) is 5.69 Å². The quantitative estimate of drug-likeness (QED) is 0.278. The maximum atomic E-state index is 13.2. The number of methoxy groups -OCH3 is 2. The minimum atomic E-state index is -0.906. The summed E-state index contributed by atoms with van der Waals surface area (Å²) >= 11 is 0. The van der Waals surface area contributed by atoms with E-state index in [1.165, 1.54) is 41.1 Å². The zero-order valence-electron chi connectivity index (χ0n) is 15.7. The van der Waals surface area contributed by atoms with E-state index in [4.69, 9.17) is 9.47 Å². The number of esters is 2. The second-order valence-corrected chi connectivity index (χ2v) is 6.00. The largest absolute Gasteiger partial charge is 0.465 e. The number of rotatable bonds is 5. The van der Waals surface area contributed by atoms with Gasteiger partial charge in [0.2, 0.25) is 5.78 Å². The summed E-state index contributed by atoms with van der Waals surface area (Å²) in [6.45, 7) is 1.68. The first-order chi connectivity index (χ1) is 13.8. The molecule has 0 fully saturated rings. The van der Waals surface area contributed by atoms with E-state index >= 15 is 0 Å². The van der Waals surface area contributed by atoms with Crippen LogP contribution in [0.4, 0.5) is 5.69 Å². The first-order valence-electron chi connectivity index (χ1n) is 8.26. The van der Waals surface area contributed by atoms with Crippen LogP contribution in [-0.2, 0) is 9.47 Å². The van der Waals surface area contributed by atoms with Crippen LogP contribution in [0.2, 0.25) is 0 Å². The number of nitro benzene ring substituents is 1. The Kier molecular flexibility index (Phi) is 5.09. The maximum Gasteiger partial charge on any atom is 0.341 e. The molecule has 0 amide bonds. The number of aryl methyl sites for hydroxylation is 1. The van der Waals surface area contributed by atoms with Crippen molar-refractivity contribution in [3.63, 3.8) is 0 Å². The fraction of sp³-hybridized carbons (Fsp3) is 0.158. The number of hydrogen-bond donors (Lipinski definition) is 0. The molecule has 0 aliphatic carbocycles. The van der Waals surface area contributed by atoms with Crippen molar-refractivity contribution in [1.82, 2.24) is 9.38 Å².